The Kier molecular flexibility index (Phi) is 5.86. The number of imidazole rings is 1. The summed E-state index contributed by atoms with van der Waals surface area (Å²) in [7, 11) is 0. The van der Waals surface area contributed by atoms with Gasteiger partial charge in [0.2, 0.25) is 5.95 Å². The summed E-state index contributed by atoms with van der Waals surface area (Å²) in [5, 5.41) is 11.9. The maximum atomic E-state index is 14.1. The third kappa shape index (κ3) is 3.64. The van der Waals surface area contributed by atoms with E-state index >= 15 is 0 Å². The van der Waals surface area contributed by atoms with E-state index in [2.05, 4.69) is 14.4 Å². The van der Waals surface area contributed by atoms with Gasteiger partial charge in [0.1, 0.15) is 0 Å². The summed E-state index contributed by atoms with van der Waals surface area (Å²) in [4.78, 5) is 23.5. The number of aromatic nitrogens is 2. The van der Waals surface area contributed by atoms with E-state index in [-0.39, 0.29) is 17.9 Å². The molecule has 0 bridgehead atoms. The first-order chi connectivity index (χ1) is 16.7. The van der Waals surface area contributed by atoms with Crippen LogP contribution in [0.2, 0.25) is 0 Å². The summed E-state index contributed by atoms with van der Waals surface area (Å²) in [6.45, 7) is 4.57. The number of carbonyl (C=O) groups is 1. The van der Waals surface area contributed by atoms with Gasteiger partial charge in [0.15, 0.2) is 5.69 Å². The second-order valence-electron chi connectivity index (χ2n) is 10.4. The average Bonchev–Trinajstić information content (AvgIpc) is 3.30. The second kappa shape index (κ2) is 9.00. The molecule has 182 valence electrons. The van der Waals surface area contributed by atoms with E-state index in [1.807, 2.05) is 30.3 Å². The maximum Gasteiger partial charge on any atom is 0.274 e. The molecule has 2 aromatic rings. The highest BCUT2D eigenvalue weighted by molar-refractivity contribution is 5.94. The standard InChI is InChI=1S/C27H36N4O3/c32-25(24-23-12-6-7-14-31(23)26(28-24)29-16-18-34-19-17-29)30-15-13-27(33,20-8-2-1-3-9-20)21-10-4-5-11-22(21)30/h1-3,8-9,21-22,33H,4-7,10-19H2/t21-,22?,27-/m1/s1. The molecule has 1 aromatic heterocycles. The molecule has 4 heterocycles. The molecular formula is C27H36N4O3. The first-order valence-electron chi connectivity index (χ1n) is 13.2. The molecule has 1 unspecified atom stereocenters. The van der Waals surface area contributed by atoms with Gasteiger partial charge in [-0.2, -0.15) is 0 Å². The normalized spacial score (nSPS) is 29.4. The minimum atomic E-state index is -0.865. The van der Waals surface area contributed by atoms with Crippen molar-refractivity contribution in [1.82, 2.24) is 14.5 Å². The Bertz CT molecular complexity index is 1030. The van der Waals surface area contributed by atoms with E-state index in [0.29, 0.717) is 31.9 Å². The van der Waals surface area contributed by atoms with Crippen molar-refractivity contribution >= 4 is 11.9 Å². The van der Waals surface area contributed by atoms with E-state index in [1.165, 1.54) is 0 Å². The average molecular weight is 465 g/mol. The molecule has 7 nitrogen and oxygen atoms in total. The molecule has 1 amide bonds. The van der Waals surface area contributed by atoms with E-state index in [4.69, 9.17) is 9.72 Å². The van der Waals surface area contributed by atoms with E-state index in [0.717, 1.165) is 81.8 Å². The third-order valence-electron chi connectivity index (χ3n) is 8.61. The van der Waals surface area contributed by atoms with Crippen LogP contribution in [0.3, 0.4) is 0 Å². The van der Waals surface area contributed by atoms with Crippen molar-refractivity contribution in [3.05, 3.63) is 47.3 Å². The summed E-state index contributed by atoms with van der Waals surface area (Å²) in [6, 6.07) is 10.2. The number of fused-ring (bicyclic) bond motifs is 2. The Labute approximate surface area is 201 Å². The highest BCUT2D eigenvalue weighted by atomic mass is 16.5. The maximum absolute atomic E-state index is 14.1. The molecule has 0 radical (unpaired) electrons. The first-order valence-corrected chi connectivity index (χ1v) is 13.2. The van der Waals surface area contributed by atoms with Crippen LogP contribution in [0.5, 0.6) is 0 Å². The third-order valence-corrected chi connectivity index (χ3v) is 8.61. The lowest BCUT2D eigenvalue weighted by atomic mass is 9.66. The smallest absolute Gasteiger partial charge is 0.274 e. The minimum Gasteiger partial charge on any atom is -0.385 e. The molecule has 4 aliphatic rings. The molecule has 3 atom stereocenters. The fraction of sp³-hybridized carbons (Fsp3) is 0.630. The van der Waals surface area contributed by atoms with Crippen LogP contribution in [-0.2, 0) is 23.3 Å². The van der Waals surface area contributed by atoms with E-state index in [9.17, 15) is 9.90 Å². The van der Waals surface area contributed by atoms with Crippen molar-refractivity contribution < 1.29 is 14.6 Å². The number of benzene rings is 1. The van der Waals surface area contributed by atoms with E-state index in [1.54, 1.807) is 0 Å². The molecule has 3 fully saturated rings. The van der Waals surface area contributed by atoms with Crippen molar-refractivity contribution in [2.45, 2.75) is 69.6 Å². The highest BCUT2D eigenvalue weighted by Gasteiger charge is 2.51. The molecule has 1 saturated carbocycles. The van der Waals surface area contributed by atoms with Crippen molar-refractivity contribution in [3.8, 4) is 0 Å². The van der Waals surface area contributed by atoms with Gasteiger partial charge in [-0.25, -0.2) is 4.98 Å². The number of nitrogens with zero attached hydrogens (tertiary/aromatic N) is 4. The largest absolute Gasteiger partial charge is 0.385 e. The summed E-state index contributed by atoms with van der Waals surface area (Å²) in [6.07, 6.45) is 7.86. The van der Waals surface area contributed by atoms with Crippen molar-refractivity contribution in [2.24, 2.45) is 5.92 Å². The van der Waals surface area contributed by atoms with Gasteiger partial charge in [0, 0.05) is 38.1 Å². The lowest BCUT2D eigenvalue weighted by Gasteiger charge is -2.52. The molecule has 34 heavy (non-hydrogen) atoms. The summed E-state index contributed by atoms with van der Waals surface area (Å²) in [5.74, 6) is 1.08. The predicted molar refractivity (Wildman–Crippen MR) is 130 cm³/mol. The second-order valence-corrected chi connectivity index (χ2v) is 10.4. The van der Waals surface area contributed by atoms with Gasteiger partial charge in [-0.3, -0.25) is 4.79 Å². The molecule has 0 spiro atoms. The number of rotatable bonds is 3. The molecule has 6 rings (SSSR count). The Morgan fingerprint density at radius 3 is 2.62 bits per heavy atom. The number of amides is 1. The lowest BCUT2D eigenvalue weighted by molar-refractivity contribution is -0.110. The van der Waals surface area contributed by atoms with Crippen LogP contribution < -0.4 is 4.90 Å². The molecular weight excluding hydrogens is 428 g/mol. The SMILES string of the molecule is O=C(c1nc(N2CCOCC2)n2c1CCCC2)N1CC[C@@](O)(c2ccccc2)[C@@H]2CCCCC21. The Morgan fingerprint density at radius 2 is 1.79 bits per heavy atom. The zero-order valence-electron chi connectivity index (χ0n) is 20.0. The number of ether oxygens (including phenoxy) is 1. The Morgan fingerprint density at radius 1 is 1.00 bits per heavy atom. The van der Waals surface area contributed by atoms with Crippen LogP contribution >= 0.6 is 0 Å². The number of hydrogen-bond donors (Lipinski definition) is 1. The molecule has 1 aromatic carbocycles. The zero-order valence-corrected chi connectivity index (χ0v) is 20.0. The van der Waals surface area contributed by atoms with Crippen LogP contribution in [0.15, 0.2) is 30.3 Å². The molecule has 1 N–H and O–H groups in total. The van der Waals surface area contributed by atoms with E-state index < -0.39 is 5.60 Å². The van der Waals surface area contributed by atoms with Crippen LogP contribution in [-0.4, -0.2) is 64.4 Å². The summed E-state index contributed by atoms with van der Waals surface area (Å²) >= 11 is 0. The number of anilines is 1. The van der Waals surface area contributed by atoms with Crippen LogP contribution in [0.25, 0.3) is 0 Å². The minimum absolute atomic E-state index is 0.0629. The molecule has 1 aliphatic carbocycles. The van der Waals surface area contributed by atoms with Crippen LogP contribution in [0.4, 0.5) is 5.95 Å². The van der Waals surface area contributed by atoms with Gasteiger partial charge in [0.25, 0.3) is 5.91 Å². The van der Waals surface area contributed by atoms with Gasteiger partial charge < -0.3 is 24.2 Å². The highest BCUT2D eigenvalue weighted by Crippen LogP contribution is 2.47. The Hall–Kier alpha value is -2.38. The molecule has 2 saturated heterocycles. The van der Waals surface area contributed by atoms with Crippen molar-refractivity contribution in [3.63, 3.8) is 0 Å². The van der Waals surface area contributed by atoms with Gasteiger partial charge in [-0.1, -0.05) is 43.2 Å². The number of piperidine rings is 1. The first kappa shape index (κ1) is 22.1. The zero-order chi connectivity index (χ0) is 23.1. The monoisotopic (exact) mass is 464 g/mol. The Balaban J connectivity index is 1.33. The predicted octanol–water partition coefficient (Wildman–Crippen LogP) is 3.35. The molecule has 3 aliphatic heterocycles. The fourth-order valence-corrected chi connectivity index (χ4v) is 6.86. The van der Waals surface area contributed by atoms with Crippen molar-refractivity contribution in [1.29, 1.82) is 0 Å². The quantitative estimate of drug-likeness (QED) is 0.754. The van der Waals surface area contributed by atoms with Crippen molar-refractivity contribution in [2.75, 3.05) is 37.7 Å². The number of aliphatic hydroxyl groups is 1. The number of morpholine rings is 1. The topological polar surface area (TPSA) is 70.8 Å². The number of likely N-dealkylation sites (tertiary alicyclic amines) is 1. The lowest BCUT2D eigenvalue weighted by Crippen LogP contribution is -2.59. The fourth-order valence-electron chi connectivity index (χ4n) is 6.86. The van der Waals surface area contributed by atoms with Crippen LogP contribution in [0.1, 0.15) is 66.7 Å². The summed E-state index contributed by atoms with van der Waals surface area (Å²) < 4.78 is 7.85. The van der Waals surface area contributed by atoms with Gasteiger partial charge >= 0.3 is 0 Å². The van der Waals surface area contributed by atoms with Gasteiger partial charge in [-0.05, 0) is 44.1 Å². The summed E-state index contributed by atoms with van der Waals surface area (Å²) in [5.41, 5.74) is 1.88. The van der Waals surface area contributed by atoms with Gasteiger partial charge in [-0.15, -0.1) is 0 Å². The number of hydrogen-bond acceptors (Lipinski definition) is 5. The van der Waals surface area contributed by atoms with Gasteiger partial charge in [0.05, 0.1) is 24.5 Å². The van der Waals surface area contributed by atoms with Crippen LogP contribution in [0, 0.1) is 5.92 Å². The number of carbonyl (C=O) groups excluding carboxylic acids is 1. The molecule has 7 heteroatoms.